The molecule has 3 aliphatic rings. The van der Waals surface area contributed by atoms with Crippen LogP contribution >= 0.6 is 0 Å². The second kappa shape index (κ2) is 8.81. The van der Waals surface area contributed by atoms with E-state index in [1.807, 2.05) is 36.4 Å². The fourth-order valence-corrected chi connectivity index (χ4v) is 4.93. The van der Waals surface area contributed by atoms with Gasteiger partial charge in [-0.3, -0.25) is 0 Å². The maximum atomic E-state index is 10.9. The molecule has 2 atom stereocenters. The molecule has 2 aromatic rings. The van der Waals surface area contributed by atoms with Crippen molar-refractivity contribution in [1.82, 2.24) is 4.90 Å². The van der Waals surface area contributed by atoms with Gasteiger partial charge in [0.05, 0.1) is 32.5 Å². The molecule has 1 saturated heterocycles. The summed E-state index contributed by atoms with van der Waals surface area (Å²) in [5, 5.41) is 21.6. The first-order valence-electron chi connectivity index (χ1n) is 11.4. The van der Waals surface area contributed by atoms with Gasteiger partial charge in [-0.25, -0.2) is 0 Å². The second-order valence-corrected chi connectivity index (χ2v) is 8.98. The van der Waals surface area contributed by atoms with Crippen molar-refractivity contribution in [2.75, 3.05) is 40.0 Å². The maximum absolute atomic E-state index is 10.9. The number of benzene rings is 2. The Bertz CT molecular complexity index is 955. The first-order chi connectivity index (χ1) is 15.5. The number of aliphatic hydroxyl groups is 2. The standard InChI is InChI=1S/C25H31NO6/c1-29-18-4-5-19-20(27)15-25(32-23(19)14-18)7-9-26(10-8-25)16-21(28)17-3-6-22-24(13-17)31-12-2-11-30-22/h3-6,13-14,20-21,27-28H,2,7-12,15-16H2,1H3/t20-,21-/m0/s1. The molecule has 3 aliphatic heterocycles. The summed E-state index contributed by atoms with van der Waals surface area (Å²) in [6.07, 6.45) is 1.90. The fourth-order valence-electron chi connectivity index (χ4n) is 4.93. The number of fused-ring (bicyclic) bond motifs is 2. The van der Waals surface area contributed by atoms with Gasteiger partial charge in [-0.05, 0) is 42.7 Å². The molecule has 2 aromatic carbocycles. The lowest BCUT2D eigenvalue weighted by atomic mass is 9.81. The summed E-state index contributed by atoms with van der Waals surface area (Å²) in [7, 11) is 1.63. The highest BCUT2D eigenvalue weighted by atomic mass is 16.5. The Morgan fingerprint density at radius 3 is 2.62 bits per heavy atom. The molecule has 0 radical (unpaired) electrons. The van der Waals surface area contributed by atoms with Crippen molar-refractivity contribution in [2.24, 2.45) is 0 Å². The molecule has 3 heterocycles. The average Bonchev–Trinajstić information content (AvgIpc) is 3.05. The van der Waals surface area contributed by atoms with E-state index in [1.54, 1.807) is 7.11 Å². The Balaban J connectivity index is 1.22. The number of nitrogens with zero attached hydrogens (tertiary/aromatic N) is 1. The molecular formula is C25H31NO6. The van der Waals surface area contributed by atoms with Crippen molar-refractivity contribution < 1.29 is 29.2 Å². The third-order valence-electron chi connectivity index (χ3n) is 6.83. The lowest BCUT2D eigenvalue weighted by molar-refractivity contribution is -0.0588. The van der Waals surface area contributed by atoms with Gasteiger partial charge in [-0.2, -0.15) is 0 Å². The summed E-state index contributed by atoms with van der Waals surface area (Å²) < 4.78 is 23.2. The number of rotatable bonds is 4. The normalized spacial score (nSPS) is 23.0. The van der Waals surface area contributed by atoms with E-state index in [2.05, 4.69) is 4.90 Å². The molecule has 1 fully saturated rings. The number of piperidine rings is 1. The third-order valence-corrected chi connectivity index (χ3v) is 6.83. The topological polar surface area (TPSA) is 80.6 Å². The number of hydrogen-bond donors (Lipinski definition) is 2. The van der Waals surface area contributed by atoms with Gasteiger partial charge in [0.1, 0.15) is 17.1 Å². The van der Waals surface area contributed by atoms with Gasteiger partial charge < -0.3 is 34.1 Å². The summed E-state index contributed by atoms with van der Waals surface area (Å²) in [4.78, 5) is 2.26. The van der Waals surface area contributed by atoms with Gasteiger partial charge in [-0.15, -0.1) is 0 Å². The summed E-state index contributed by atoms with van der Waals surface area (Å²) in [5.41, 5.74) is 1.28. The summed E-state index contributed by atoms with van der Waals surface area (Å²) >= 11 is 0. The van der Waals surface area contributed by atoms with E-state index >= 15 is 0 Å². The van der Waals surface area contributed by atoms with E-state index in [-0.39, 0.29) is 5.60 Å². The SMILES string of the molecule is COc1ccc2c(c1)OC1(CCN(C[C@H](O)c3ccc4c(c3)OCCCO4)CC1)C[C@@H]2O. The van der Waals surface area contributed by atoms with Crippen LogP contribution < -0.4 is 18.9 Å². The van der Waals surface area contributed by atoms with Crippen molar-refractivity contribution >= 4 is 0 Å². The molecule has 0 amide bonds. The Labute approximate surface area is 188 Å². The van der Waals surface area contributed by atoms with E-state index in [0.29, 0.717) is 37.7 Å². The van der Waals surface area contributed by atoms with Gasteiger partial charge >= 0.3 is 0 Å². The molecule has 172 valence electrons. The predicted molar refractivity (Wildman–Crippen MR) is 119 cm³/mol. The number of likely N-dealkylation sites (tertiary alicyclic amines) is 1. The van der Waals surface area contributed by atoms with Crippen LogP contribution in [0.4, 0.5) is 0 Å². The van der Waals surface area contributed by atoms with Crippen molar-refractivity contribution in [3.63, 3.8) is 0 Å². The van der Waals surface area contributed by atoms with Gasteiger partial charge in [0.25, 0.3) is 0 Å². The van der Waals surface area contributed by atoms with Crippen LogP contribution in [0.5, 0.6) is 23.0 Å². The van der Waals surface area contributed by atoms with Crippen LogP contribution in [0.25, 0.3) is 0 Å². The number of β-amino-alcohol motifs (C(OH)–C–C–N with tert-alkyl or cyclic N) is 1. The molecule has 7 heteroatoms. The first kappa shape index (κ1) is 21.4. The molecule has 2 N–H and O–H groups in total. The minimum atomic E-state index is -0.607. The van der Waals surface area contributed by atoms with Gasteiger partial charge in [0.2, 0.25) is 0 Å². The van der Waals surface area contributed by atoms with Crippen LogP contribution in [0.1, 0.15) is 49.0 Å². The van der Waals surface area contributed by atoms with Gasteiger partial charge in [0.15, 0.2) is 11.5 Å². The molecule has 1 spiro atoms. The summed E-state index contributed by atoms with van der Waals surface area (Å²) in [6.45, 7) is 3.42. The van der Waals surface area contributed by atoms with Crippen LogP contribution in [0.15, 0.2) is 36.4 Å². The van der Waals surface area contributed by atoms with Crippen molar-refractivity contribution in [3.05, 3.63) is 47.5 Å². The zero-order valence-electron chi connectivity index (χ0n) is 18.5. The molecule has 0 unspecified atom stereocenters. The highest BCUT2D eigenvalue weighted by Gasteiger charge is 2.43. The third kappa shape index (κ3) is 4.25. The van der Waals surface area contributed by atoms with Gasteiger partial charge in [-0.1, -0.05) is 6.07 Å². The molecule has 0 saturated carbocycles. The molecule has 7 nitrogen and oxygen atoms in total. The summed E-state index contributed by atoms with van der Waals surface area (Å²) in [5.74, 6) is 2.88. The smallest absolute Gasteiger partial charge is 0.161 e. The minimum absolute atomic E-state index is 0.379. The minimum Gasteiger partial charge on any atom is -0.497 e. The predicted octanol–water partition coefficient (Wildman–Crippen LogP) is 3.24. The number of methoxy groups -OCH3 is 1. The van der Waals surface area contributed by atoms with E-state index in [9.17, 15) is 10.2 Å². The Hall–Kier alpha value is -2.48. The number of ether oxygens (including phenoxy) is 4. The number of hydrogen-bond acceptors (Lipinski definition) is 7. The lowest BCUT2D eigenvalue weighted by Gasteiger charge is -2.46. The van der Waals surface area contributed by atoms with E-state index < -0.39 is 12.2 Å². The van der Waals surface area contributed by atoms with Crippen LogP contribution in [-0.4, -0.2) is 60.7 Å². The second-order valence-electron chi connectivity index (χ2n) is 8.98. The van der Waals surface area contributed by atoms with Crippen molar-refractivity contribution in [3.8, 4) is 23.0 Å². The highest BCUT2D eigenvalue weighted by Crippen LogP contribution is 2.45. The molecule has 0 bridgehead atoms. The van der Waals surface area contributed by atoms with Crippen molar-refractivity contribution in [1.29, 1.82) is 0 Å². The molecular weight excluding hydrogens is 410 g/mol. The van der Waals surface area contributed by atoms with Crippen LogP contribution in [0.2, 0.25) is 0 Å². The molecule has 32 heavy (non-hydrogen) atoms. The fraction of sp³-hybridized carbons (Fsp3) is 0.520. The van der Waals surface area contributed by atoms with E-state index in [0.717, 1.165) is 55.0 Å². The zero-order valence-corrected chi connectivity index (χ0v) is 18.5. The van der Waals surface area contributed by atoms with E-state index in [1.165, 1.54) is 0 Å². The average molecular weight is 442 g/mol. The lowest BCUT2D eigenvalue weighted by Crippen LogP contribution is -2.51. The monoisotopic (exact) mass is 441 g/mol. The quantitative estimate of drug-likeness (QED) is 0.754. The first-order valence-corrected chi connectivity index (χ1v) is 11.4. The Morgan fingerprint density at radius 1 is 1.06 bits per heavy atom. The Morgan fingerprint density at radius 2 is 1.84 bits per heavy atom. The highest BCUT2D eigenvalue weighted by molar-refractivity contribution is 5.45. The zero-order chi connectivity index (χ0) is 22.1. The Kier molecular flexibility index (Phi) is 5.88. The van der Waals surface area contributed by atoms with Gasteiger partial charge in [0, 0.05) is 44.1 Å². The van der Waals surface area contributed by atoms with Crippen LogP contribution in [0, 0.1) is 0 Å². The van der Waals surface area contributed by atoms with Crippen LogP contribution in [-0.2, 0) is 0 Å². The molecule has 0 aromatic heterocycles. The number of aliphatic hydroxyl groups excluding tert-OH is 2. The molecule has 5 rings (SSSR count). The molecule has 0 aliphatic carbocycles. The largest absolute Gasteiger partial charge is 0.497 e. The van der Waals surface area contributed by atoms with E-state index in [4.69, 9.17) is 18.9 Å². The van der Waals surface area contributed by atoms with Crippen LogP contribution in [0.3, 0.4) is 0 Å². The summed E-state index contributed by atoms with van der Waals surface area (Å²) in [6, 6.07) is 11.3. The van der Waals surface area contributed by atoms with Crippen molar-refractivity contribution in [2.45, 2.75) is 43.5 Å². The maximum Gasteiger partial charge on any atom is 0.161 e.